The number of amides is 2. The number of benzene rings is 1. The number of hydrogen-bond donors (Lipinski definition) is 2. The molecule has 0 bridgehead atoms. The molecule has 9 nitrogen and oxygen atoms in total. The van der Waals surface area contributed by atoms with E-state index in [0.717, 1.165) is 49.9 Å². The summed E-state index contributed by atoms with van der Waals surface area (Å²) < 4.78 is 7.11. The summed E-state index contributed by atoms with van der Waals surface area (Å²) in [4.78, 5) is 25.6. The molecular formula is C22H26N6O3. The van der Waals surface area contributed by atoms with Gasteiger partial charge in [-0.1, -0.05) is 12.1 Å². The maximum absolute atomic E-state index is 12.0. The number of furan rings is 1. The Bertz CT molecular complexity index is 1030. The SMILES string of the molecule is CC(=O)Nc1ccc(CN2CCc3nnc(CCNC(=O)c4ccoc4)n3CC2)cc1. The minimum Gasteiger partial charge on any atom is -0.472 e. The van der Waals surface area contributed by atoms with E-state index >= 15 is 0 Å². The first-order valence-corrected chi connectivity index (χ1v) is 10.4. The van der Waals surface area contributed by atoms with E-state index in [0.29, 0.717) is 18.5 Å². The lowest BCUT2D eigenvalue weighted by Gasteiger charge is -2.20. The van der Waals surface area contributed by atoms with Crippen LogP contribution in [-0.4, -0.2) is 51.1 Å². The molecule has 0 fully saturated rings. The average Bonchev–Trinajstić information content (AvgIpc) is 3.37. The topological polar surface area (TPSA) is 105 Å². The van der Waals surface area contributed by atoms with Crippen LogP contribution in [0.15, 0.2) is 47.3 Å². The van der Waals surface area contributed by atoms with E-state index in [9.17, 15) is 9.59 Å². The molecule has 0 spiro atoms. The van der Waals surface area contributed by atoms with Crippen LogP contribution in [0.25, 0.3) is 0 Å². The molecule has 0 aliphatic carbocycles. The van der Waals surface area contributed by atoms with Crippen LogP contribution in [0.5, 0.6) is 0 Å². The Labute approximate surface area is 180 Å². The molecule has 31 heavy (non-hydrogen) atoms. The van der Waals surface area contributed by atoms with Crippen molar-refractivity contribution in [2.24, 2.45) is 0 Å². The Morgan fingerprint density at radius 2 is 1.94 bits per heavy atom. The highest BCUT2D eigenvalue weighted by molar-refractivity contribution is 5.93. The van der Waals surface area contributed by atoms with Crippen LogP contribution in [0, 0.1) is 0 Å². The normalized spacial score (nSPS) is 14.0. The zero-order valence-corrected chi connectivity index (χ0v) is 17.5. The fraction of sp³-hybridized carbons (Fsp3) is 0.364. The first kappa shape index (κ1) is 20.8. The van der Waals surface area contributed by atoms with E-state index in [-0.39, 0.29) is 11.8 Å². The highest BCUT2D eigenvalue weighted by Crippen LogP contribution is 2.15. The molecular weight excluding hydrogens is 396 g/mol. The number of carbonyl (C=O) groups excluding carboxylic acids is 2. The fourth-order valence-corrected chi connectivity index (χ4v) is 3.71. The number of fused-ring (bicyclic) bond motifs is 1. The minimum absolute atomic E-state index is 0.0693. The summed E-state index contributed by atoms with van der Waals surface area (Å²) in [6, 6.07) is 9.59. The van der Waals surface area contributed by atoms with Gasteiger partial charge < -0.3 is 19.6 Å². The van der Waals surface area contributed by atoms with Crippen molar-refractivity contribution in [3.63, 3.8) is 0 Å². The molecule has 2 aromatic heterocycles. The molecule has 0 saturated heterocycles. The number of hydrogen-bond acceptors (Lipinski definition) is 6. The summed E-state index contributed by atoms with van der Waals surface area (Å²) in [7, 11) is 0. The molecule has 1 aliphatic heterocycles. The summed E-state index contributed by atoms with van der Waals surface area (Å²) in [5.74, 6) is 1.66. The zero-order valence-electron chi connectivity index (χ0n) is 17.5. The van der Waals surface area contributed by atoms with E-state index in [4.69, 9.17) is 4.42 Å². The van der Waals surface area contributed by atoms with Gasteiger partial charge in [0.25, 0.3) is 5.91 Å². The van der Waals surface area contributed by atoms with E-state index < -0.39 is 0 Å². The van der Waals surface area contributed by atoms with E-state index in [1.54, 1.807) is 6.07 Å². The third-order valence-corrected chi connectivity index (χ3v) is 5.29. The molecule has 3 heterocycles. The first-order chi connectivity index (χ1) is 15.1. The quantitative estimate of drug-likeness (QED) is 0.602. The number of carbonyl (C=O) groups is 2. The van der Waals surface area contributed by atoms with Crippen LogP contribution in [0.3, 0.4) is 0 Å². The molecule has 0 atom stereocenters. The first-order valence-electron chi connectivity index (χ1n) is 10.4. The van der Waals surface area contributed by atoms with Crippen LogP contribution in [0.1, 0.15) is 34.5 Å². The van der Waals surface area contributed by atoms with Gasteiger partial charge in [-0.2, -0.15) is 0 Å². The van der Waals surface area contributed by atoms with Gasteiger partial charge in [0, 0.05) is 58.2 Å². The molecule has 162 valence electrons. The molecule has 1 aromatic carbocycles. The van der Waals surface area contributed by atoms with Crippen LogP contribution in [0.4, 0.5) is 5.69 Å². The second-order valence-electron chi connectivity index (χ2n) is 7.61. The predicted octanol–water partition coefficient (Wildman–Crippen LogP) is 1.86. The van der Waals surface area contributed by atoms with Crippen molar-refractivity contribution >= 4 is 17.5 Å². The molecule has 9 heteroatoms. The van der Waals surface area contributed by atoms with Crippen molar-refractivity contribution in [2.45, 2.75) is 32.9 Å². The Morgan fingerprint density at radius 3 is 2.68 bits per heavy atom. The van der Waals surface area contributed by atoms with Crippen molar-refractivity contribution in [1.82, 2.24) is 25.0 Å². The number of aromatic nitrogens is 3. The summed E-state index contributed by atoms with van der Waals surface area (Å²) in [6.07, 6.45) is 4.37. The molecule has 2 N–H and O–H groups in total. The highest BCUT2D eigenvalue weighted by atomic mass is 16.3. The van der Waals surface area contributed by atoms with Crippen LogP contribution in [-0.2, 0) is 30.7 Å². The number of anilines is 1. The fourth-order valence-electron chi connectivity index (χ4n) is 3.71. The maximum Gasteiger partial charge on any atom is 0.254 e. The molecule has 0 saturated carbocycles. The van der Waals surface area contributed by atoms with Gasteiger partial charge in [0.2, 0.25) is 5.91 Å². The number of rotatable bonds is 7. The predicted molar refractivity (Wildman–Crippen MR) is 114 cm³/mol. The lowest BCUT2D eigenvalue weighted by atomic mass is 10.2. The highest BCUT2D eigenvalue weighted by Gasteiger charge is 2.19. The summed E-state index contributed by atoms with van der Waals surface area (Å²) in [5.41, 5.74) is 2.53. The van der Waals surface area contributed by atoms with Gasteiger partial charge in [0.1, 0.15) is 17.9 Å². The van der Waals surface area contributed by atoms with Crippen LogP contribution in [0.2, 0.25) is 0 Å². The summed E-state index contributed by atoms with van der Waals surface area (Å²) in [6.45, 7) is 5.46. The van der Waals surface area contributed by atoms with Crippen molar-refractivity contribution in [1.29, 1.82) is 0 Å². The van der Waals surface area contributed by atoms with E-state index in [1.165, 1.54) is 25.0 Å². The second-order valence-corrected chi connectivity index (χ2v) is 7.61. The third-order valence-electron chi connectivity index (χ3n) is 5.29. The largest absolute Gasteiger partial charge is 0.472 e. The molecule has 0 radical (unpaired) electrons. The average molecular weight is 422 g/mol. The Morgan fingerprint density at radius 1 is 1.10 bits per heavy atom. The Hall–Kier alpha value is -3.46. The smallest absolute Gasteiger partial charge is 0.254 e. The van der Waals surface area contributed by atoms with Gasteiger partial charge in [-0.25, -0.2) is 0 Å². The van der Waals surface area contributed by atoms with E-state index in [1.807, 2.05) is 24.3 Å². The van der Waals surface area contributed by atoms with Gasteiger partial charge >= 0.3 is 0 Å². The lowest BCUT2D eigenvalue weighted by molar-refractivity contribution is -0.114. The second kappa shape index (κ2) is 9.57. The molecule has 1 aliphatic rings. The van der Waals surface area contributed by atoms with Crippen LogP contribution >= 0.6 is 0 Å². The van der Waals surface area contributed by atoms with Crippen molar-refractivity contribution in [3.05, 3.63) is 65.6 Å². The lowest BCUT2D eigenvalue weighted by Crippen LogP contribution is -2.28. The summed E-state index contributed by atoms with van der Waals surface area (Å²) in [5, 5.41) is 14.4. The number of nitrogens with one attached hydrogen (secondary N) is 2. The molecule has 3 aromatic rings. The maximum atomic E-state index is 12.0. The standard InChI is InChI=1S/C22H26N6O3/c1-16(29)24-19-4-2-17(3-5-19)14-27-10-7-21-26-25-20(28(21)12-11-27)6-9-23-22(30)18-8-13-31-15-18/h2-5,8,13,15H,6-7,9-12,14H2,1H3,(H,23,30)(H,24,29). The minimum atomic E-state index is -0.153. The molecule has 0 unspecified atom stereocenters. The Balaban J connectivity index is 1.29. The van der Waals surface area contributed by atoms with E-state index in [2.05, 4.69) is 30.3 Å². The third kappa shape index (κ3) is 5.37. The molecule has 4 rings (SSSR count). The van der Waals surface area contributed by atoms with Gasteiger partial charge in [0.15, 0.2) is 0 Å². The van der Waals surface area contributed by atoms with Crippen molar-refractivity contribution in [2.75, 3.05) is 25.0 Å². The van der Waals surface area contributed by atoms with Crippen molar-refractivity contribution < 1.29 is 14.0 Å². The van der Waals surface area contributed by atoms with Gasteiger partial charge in [-0.3, -0.25) is 14.5 Å². The van der Waals surface area contributed by atoms with Crippen molar-refractivity contribution in [3.8, 4) is 0 Å². The van der Waals surface area contributed by atoms with Gasteiger partial charge in [0.05, 0.1) is 11.8 Å². The van der Waals surface area contributed by atoms with Gasteiger partial charge in [-0.05, 0) is 23.8 Å². The van der Waals surface area contributed by atoms with Gasteiger partial charge in [-0.15, -0.1) is 10.2 Å². The van der Waals surface area contributed by atoms with Crippen LogP contribution < -0.4 is 10.6 Å². The summed E-state index contributed by atoms with van der Waals surface area (Å²) >= 11 is 0. The Kier molecular flexibility index (Phi) is 6.42. The molecule has 2 amide bonds. The number of nitrogens with zero attached hydrogens (tertiary/aromatic N) is 4. The monoisotopic (exact) mass is 422 g/mol. The zero-order chi connectivity index (χ0) is 21.6.